The Balaban J connectivity index is 1.45. The Bertz CT molecular complexity index is 915. The van der Waals surface area contributed by atoms with Gasteiger partial charge in [0.15, 0.2) is 0 Å². The number of aromatic nitrogens is 2. The van der Waals surface area contributed by atoms with Crippen molar-refractivity contribution in [3.8, 4) is 5.75 Å². The van der Waals surface area contributed by atoms with Crippen LogP contribution in [0, 0.1) is 5.82 Å². The molecule has 0 saturated heterocycles. The zero-order chi connectivity index (χ0) is 19.9. The molecule has 2 aromatic carbocycles. The molecule has 0 bridgehead atoms. The van der Waals surface area contributed by atoms with E-state index in [1.54, 1.807) is 0 Å². The van der Waals surface area contributed by atoms with Crippen LogP contribution in [-0.4, -0.2) is 36.1 Å². The Morgan fingerprint density at radius 3 is 2.89 bits per heavy atom. The van der Waals surface area contributed by atoms with E-state index in [2.05, 4.69) is 40.2 Å². The third-order valence-electron chi connectivity index (χ3n) is 4.73. The Morgan fingerprint density at radius 2 is 2.11 bits per heavy atom. The zero-order valence-corrected chi connectivity index (χ0v) is 17.3. The van der Waals surface area contributed by atoms with Crippen LogP contribution in [0.3, 0.4) is 0 Å². The van der Waals surface area contributed by atoms with Crippen LogP contribution in [0.2, 0.25) is 0 Å². The van der Waals surface area contributed by atoms with Crippen molar-refractivity contribution in [2.75, 3.05) is 30.7 Å². The highest BCUT2D eigenvalue weighted by Gasteiger charge is 2.09. The van der Waals surface area contributed by atoms with E-state index in [9.17, 15) is 4.39 Å². The predicted octanol–water partition coefficient (Wildman–Crippen LogP) is 4.73. The van der Waals surface area contributed by atoms with Gasteiger partial charge in [0.25, 0.3) is 0 Å². The summed E-state index contributed by atoms with van der Waals surface area (Å²) >= 11 is 1.39. The van der Waals surface area contributed by atoms with Gasteiger partial charge in [-0.05, 0) is 42.2 Å². The number of ether oxygens (including phenoxy) is 1. The fourth-order valence-electron chi connectivity index (χ4n) is 3.12. The third kappa shape index (κ3) is 4.97. The number of anilines is 1. The van der Waals surface area contributed by atoms with E-state index in [0.717, 1.165) is 47.4 Å². The van der Waals surface area contributed by atoms with Crippen molar-refractivity contribution < 1.29 is 9.13 Å². The number of fused-ring (bicyclic) bond motifs is 1. The van der Waals surface area contributed by atoms with Crippen molar-refractivity contribution in [2.24, 2.45) is 0 Å². The number of hydrogen-bond donors (Lipinski definition) is 3. The van der Waals surface area contributed by atoms with Crippen LogP contribution >= 0.6 is 11.9 Å². The van der Waals surface area contributed by atoms with Gasteiger partial charge in [0.1, 0.15) is 18.2 Å². The highest BCUT2D eigenvalue weighted by atomic mass is 32.2. The summed E-state index contributed by atoms with van der Waals surface area (Å²) in [5, 5.41) is 11.9. The second-order valence-electron chi connectivity index (χ2n) is 6.73. The largest absolute Gasteiger partial charge is 0.492 e. The van der Waals surface area contributed by atoms with Gasteiger partial charge in [-0.3, -0.25) is 5.10 Å². The fourth-order valence-corrected chi connectivity index (χ4v) is 3.50. The molecular formula is C21H27FN4OS. The van der Waals surface area contributed by atoms with E-state index in [0.29, 0.717) is 12.3 Å². The van der Waals surface area contributed by atoms with Crippen molar-refractivity contribution in [1.29, 1.82) is 0 Å². The van der Waals surface area contributed by atoms with Crippen LogP contribution in [-0.2, 0) is 6.42 Å². The Labute approximate surface area is 169 Å². The molecule has 150 valence electrons. The van der Waals surface area contributed by atoms with Crippen LogP contribution in [0.4, 0.5) is 10.1 Å². The van der Waals surface area contributed by atoms with Gasteiger partial charge in [-0.1, -0.05) is 31.9 Å². The maximum absolute atomic E-state index is 13.7. The van der Waals surface area contributed by atoms with Gasteiger partial charge in [0.05, 0.1) is 11.2 Å². The molecule has 28 heavy (non-hydrogen) atoms. The van der Waals surface area contributed by atoms with Crippen molar-refractivity contribution >= 4 is 28.5 Å². The summed E-state index contributed by atoms with van der Waals surface area (Å²) in [5.41, 5.74) is 3.71. The summed E-state index contributed by atoms with van der Waals surface area (Å²) in [7, 11) is 0. The summed E-state index contributed by atoms with van der Waals surface area (Å²) in [4.78, 5) is 0. The van der Waals surface area contributed by atoms with Crippen molar-refractivity contribution in [3.05, 3.63) is 53.5 Å². The summed E-state index contributed by atoms with van der Waals surface area (Å²) in [5.74, 6) is 0.866. The molecule has 0 aliphatic carbocycles. The fraction of sp³-hybridized carbons (Fsp3) is 0.381. The number of aromatic amines is 1. The summed E-state index contributed by atoms with van der Waals surface area (Å²) in [6, 6.07) is 11.2. The van der Waals surface area contributed by atoms with E-state index in [-0.39, 0.29) is 11.7 Å². The smallest absolute Gasteiger partial charge is 0.147 e. The first-order valence-electron chi connectivity index (χ1n) is 9.51. The molecule has 3 N–H and O–H groups in total. The highest BCUT2D eigenvalue weighted by Crippen LogP contribution is 2.24. The number of nitrogens with one attached hydrogen (secondary N) is 3. The van der Waals surface area contributed by atoms with Crippen molar-refractivity contribution in [2.45, 2.75) is 26.2 Å². The van der Waals surface area contributed by atoms with Gasteiger partial charge in [-0.25, -0.2) is 4.39 Å². The molecule has 0 aliphatic rings. The van der Waals surface area contributed by atoms with E-state index >= 15 is 0 Å². The number of halogens is 1. The van der Waals surface area contributed by atoms with E-state index in [1.807, 2.05) is 30.5 Å². The average molecular weight is 403 g/mol. The molecule has 5 nitrogen and oxygen atoms in total. The quantitative estimate of drug-likeness (QED) is 0.338. The first kappa shape index (κ1) is 20.5. The molecule has 7 heteroatoms. The summed E-state index contributed by atoms with van der Waals surface area (Å²) in [6.07, 6.45) is 2.81. The first-order valence-corrected chi connectivity index (χ1v) is 10.7. The maximum atomic E-state index is 13.7. The Morgan fingerprint density at radius 1 is 1.25 bits per heavy atom. The molecule has 0 fully saturated rings. The highest BCUT2D eigenvalue weighted by molar-refractivity contribution is 7.99. The third-order valence-corrected chi connectivity index (χ3v) is 5.15. The Hall–Kier alpha value is -2.25. The molecule has 0 aliphatic heterocycles. The zero-order valence-electron chi connectivity index (χ0n) is 16.5. The Kier molecular flexibility index (Phi) is 7.17. The van der Waals surface area contributed by atoms with Crippen LogP contribution in [0.1, 0.15) is 31.0 Å². The number of nitrogens with zero attached hydrogens (tertiary/aromatic N) is 1. The molecule has 1 atom stereocenters. The lowest BCUT2D eigenvalue weighted by Gasteiger charge is -2.15. The van der Waals surface area contributed by atoms with Gasteiger partial charge in [0, 0.05) is 36.5 Å². The lowest BCUT2D eigenvalue weighted by Crippen LogP contribution is -2.25. The molecule has 3 rings (SSSR count). The normalized spacial score (nSPS) is 12.3. The lowest BCUT2D eigenvalue weighted by atomic mass is 10.0. The number of rotatable bonds is 10. The monoisotopic (exact) mass is 402 g/mol. The topological polar surface area (TPSA) is 62.0 Å². The predicted molar refractivity (Wildman–Crippen MR) is 116 cm³/mol. The molecule has 0 amide bonds. The van der Waals surface area contributed by atoms with Crippen molar-refractivity contribution in [3.63, 3.8) is 0 Å². The van der Waals surface area contributed by atoms with Gasteiger partial charge in [-0.2, -0.15) is 5.10 Å². The number of hydrogen-bond acceptors (Lipinski definition) is 5. The SMILES string of the molecule is CCc1[nH]nc2cc(OCCNCC(C)c3ccc(F)c(NSC)c3)ccc12. The van der Waals surface area contributed by atoms with Crippen LogP contribution in [0.25, 0.3) is 10.9 Å². The molecule has 0 radical (unpaired) electrons. The van der Waals surface area contributed by atoms with E-state index in [1.165, 1.54) is 18.0 Å². The summed E-state index contributed by atoms with van der Waals surface area (Å²) in [6.45, 7) is 6.34. The molecule has 0 saturated carbocycles. The molecule has 1 unspecified atom stereocenters. The van der Waals surface area contributed by atoms with E-state index < -0.39 is 0 Å². The number of aryl methyl sites for hydroxylation is 1. The number of H-pyrrole nitrogens is 1. The number of benzene rings is 2. The minimum absolute atomic E-state index is 0.230. The van der Waals surface area contributed by atoms with Crippen LogP contribution in [0.5, 0.6) is 5.75 Å². The molecule has 3 aromatic rings. The van der Waals surface area contributed by atoms with E-state index in [4.69, 9.17) is 4.74 Å². The molecule has 1 aromatic heterocycles. The standard InChI is InChI=1S/C21H27FN4OS/c1-4-19-17-7-6-16(12-20(17)25-24-19)27-10-9-23-13-14(2)15-5-8-18(22)21(11-15)26-28-3/h5-8,11-12,14,23,26H,4,9-10,13H2,1-3H3,(H,24,25). The first-order chi connectivity index (χ1) is 13.6. The van der Waals surface area contributed by atoms with Gasteiger partial charge < -0.3 is 14.8 Å². The molecule has 0 spiro atoms. The lowest BCUT2D eigenvalue weighted by molar-refractivity contribution is 0.313. The molecular weight excluding hydrogens is 375 g/mol. The van der Waals surface area contributed by atoms with Crippen LogP contribution in [0.15, 0.2) is 36.4 Å². The second-order valence-corrected chi connectivity index (χ2v) is 7.35. The second kappa shape index (κ2) is 9.80. The van der Waals surface area contributed by atoms with Gasteiger partial charge >= 0.3 is 0 Å². The molecule has 1 heterocycles. The average Bonchev–Trinajstić information content (AvgIpc) is 3.11. The minimum atomic E-state index is -0.230. The van der Waals surface area contributed by atoms with Crippen molar-refractivity contribution in [1.82, 2.24) is 15.5 Å². The van der Waals surface area contributed by atoms with Gasteiger partial charge in [0.2, 0.25) is 0 Å². The van der Waals surface area contributed by atoms with Crippen LogP contribution < -0.4 is 14.8 Å². The maximum Gasteiger partial charge on any atom is 0.147 e. The summed E-state index contributed by atoms with van der Waals surface area (Å²) < 4.78 is 22.5. The minimum Gasteiger partial charge on any atom is -0.492 e. The van der Waals surface area contributed by atoms with Gasteiger partial charge in [-0.15, -0.1) is 0 Å².